The summed E-state index contributed by atoms with van der Waals surface area (Å²) in [7, 11) is 1.53. The zero-order valence-electron chi connectivity index (χ0n) is 19.4. The Kier molecular flexibility index (Phi) is 6.08. The van der Waals surface area contributed by atoms with E-state index in [1.54, 1.807) is 66.7 Å². The van der Waals surface area contributed by atoms with Crippen molar-refractivity contribution in [2.45, 2.75) is 12.8 Å². The van der Waals surface area contributed by atoms with E-state index in [2.05, 4.69) is 5.32 Å². The molecule has 1 aliphatic rings. The van der Waals surface area contributed by atoms with E-state index in [-0.39, 0.29) is 36.1 Å². The van der Waals surface area contributed by atoms with Gasteiger partial charge >= 0.3 is 0 Å². The molecule has 2 heterocycles. The topological polar surface area (TPSA) is 106 Å². The molecule has 180 valence electrons. The molecular formula is C28H22N2O6. The minimum atomic E-state index is -0.328. The van der Waals surface area contributed by atoms with Crippen molar-refractivity contribution in [3.63, 3.8) is 0 Å². The molecule has 0 atom stereocenters. The average Bonchev–Trinajstić information content (AvgIpc) is 3.14. The minimum Gasteiger partial charge on any atom is -0.497 e. The molecule has 8 heteroatoms. The number of anilines is 1. The van der Waals surface area contributed by atoms with Crippen molar-refractivity contribution in [1.29, 1.82) is 0 Å². The lowest BCUT2D eigenvalue weighted by Crippen LogP contribution is -2.31. The second-order valence-electron chi connectivity index (χ2n) is 8.37. The van der Waals surface area contributed by atoms with Gasteiger partial charge in [-0.25, -0.2) is 0 Å². The molecule has 0 radical (unpaired) electrons. The Bertz CT molecular complexity index is 1520. The van der Waals surface area contributed by atoms with Gasteiger partial charge in [0.1, 0.15) is 17.1 Å². The zero-order valence-corrected chi connectivity index (χ0v) is 19.4. The lowest BCUT2D eigenvalue weighted by Gasteiger charge is -2.13. The van der Waals surface area contributed by atoms with E-state index in [0.717, 1.165) is 0 Å². The summed E-state index contributed by atoms with van der Waals surface area (Å²) in [6.45, 7) is 0.172. The first-order valence-corrected chi connectivity index (χ1v) is 11.4. The van der Waals surface area contributed by atoms with Crippen LogP contribution >= 0.6 is 0 Å². The van der Waals surface area contributed by atoms with Crippen molar-refractivity contribution < 1.29 is 23.5 Å². The Hall–Kier alpha value is -4.72. The number of rotatable bonds is 7. The fourth-order valence-corrected chi connectivity index (χ4v) is 4.19. The second kappa shape index (κ2) is 9.50. The highest BCUT2D eigenvalue weighted by atomic mass is 16.5. The van der Waals surface area contributed by atoms with E-state index in [1.807, 2.05) is 0 Å². The van der Waals surface area contributed by atoms with Crippen molar-refractivity contribution in [1.82, 2.24) is 4.90 Å². The highest BCUT2D eigenvalue weighted by molar-refractivity contribution is 6.21. The number of benzene rings is 3. The van der Waals surface area contributed by atoms with Crippen molar-refractivity contribution in [3.8, 4) is 17.1 Å². The van der Waals surface area contributed by atoms with Crippen LogP contribution in [0.4, 0.5) is 5.69 Å². The lowest BCUT2D eigenvalue weighted by molar-refractivity contribution is -0.116. The maximum atomic E-state index is 12.5. The molecule has 0 fully saturated rings. The number of methoxy groups -OCH3 is 1. The molecule has 0 spiro atoms. The normalized spacial score (nSPS) is 12.6. The molecule has 8 nitrogen and oxygen atoms in total. The SMILES string of the molecule is COc1ccc2oc(-c3ccc(NC(=O)CCCN4C(=O)c5ccccc5C4=O)cc3)cc(=O)c2c1. The summed E-state index contributed by atoms with van der Waals surface area (Å²) in [6.07, 6.45) is 0.501. The summed E-state index contributed by atoms with van der Waals surface area (Å²) in [5.41, 5.74) is 2.34. The summed E-state index contributed by atoms with van der Waals surface area (Å²) < 4.78 is 11.1. The minimum absolute atomic E-state index is 0.151. The van der Waals surface area contributed by atoms with Gasteiger partial charge in [-0.2, -0.15) is 0 Å². The van der Waals surface area contributed by atoms with E-state index < -0.39 is 0 Å². The monoisotopic (exact) mass is 482 g/mol. The molecule has 1 N–H and O–H groups in total. The predicted molar refractivity (Wildman–Crippen MR) is 134 cm³/mol. The molecule has 1 aliphatic heterocycles. The van der Waals surface area contributed by atoms with Crippen LogP contribution in [0, 0.1) is 0 Å². The van der Waals surface area contributed by atoms with Gasteiger partial charge in [0.25, 0.3) is 11.8 Å². The summed E-state index contributed by atoms with van der Waals surface area (Å²) in [4.78, 5) is 50.9. The Labute approximate surface area is 206 Å². The van der Waals surface area contributed by atoms with Crippen LogP contribution in [0.2, 0.25) is 0 Å². The van der Waals surface area contributed by atoms with Crippen LogP contribution in [-0.2, 0) is 4.79 Å². The fraction of sp³-hybridized carbons (Fsp3) is 0.143. The zero-order chi connectivity index (χ0) is 25.2. The van der Waals surface area contributed by atoms with Gasteiger partial charge in [0, 0.05) is 30.3 Å². The van der Waals surface area contributed by atoms with Crippen molar-refractivity contribution >= 4 is 34.4 Å². The van der Waals surface area contributed by atoms with E-state index in [0.29, 0.717) is 51.3 Å². The third-order valence-corrected chi connectivity index (χ3v) is 6.05. The first kappa shape index (κ1) is 23.0. The van der Waals surface area contributed by atoms with Crippen LogP contribution in [0.25, 0.3) is 22.3 Å². The first-order chi connectivity index (χ1) is 17.4. The maximum Gasteiger partial charge on any atom is 0.261 e. The van der Waals surface area contributed by atoms with Gasteiger partial charge in [-0.3, -0.25) is 24.1 Å². The Balaban J connectivity index is 1.19. The van der Waals surface area contributed by atoms with E-state index in [4.69, 9.17) is 9.15 Å². The number of hydrogen-bond donors (Lipinski definition) is 1. The number of nitrogens with zero attached hydrogens (tertiary/aromatic N) is 1. The van der Waals surface area contributed by atoms with Crippen LogP contribution in [0.15, 0.2) is 82.0 Å². The van der Waals surface area contributed by atoms with Gasteiger partial charge in [-0.1, -0.05) is 12.1 Å². The number of imide groups is 1. The van der Waals surface area contributed by atoms with Gasteiger partial charge in [-0.05, 0) is 61.0 Å². The molecule has 3 amide bonds. The Morgan fingerprint density at radius 2 is 1.61 bits per heavy atom. The Morgan fingerprint density at radius 3 is 2.28 bits per heavy atom. The van der Waals surface area contributed by atoms with Gasteiger partial charge in [0.2, 0.25) is 5.91 Å². The molecule has 36 heavy (non-hydrogen) atoms. The summed E-state index contributed by atoms with van der Waals surface area (Å²) in [5.74, 6) is 0.102. The molecule has 0 saturated heterocycles. The summed E-state index contributed by atoms with van der Waals surface area (Å²) in [6, 6.07) is 20.1. The van der Waals surface area contributed by atoms with E-state index in [9.17, 15) is 19.2 Å². The molecule has 4 aromatic rings. The van der Waals surface area contributed by atoms with Gasteiger partial charge < -0.3 is 14.5 Å². The van der Waals surface area contributed by atoms with Gasteiger partial charge in [-0.15, -0.1) is 0 Å². The smallest absolute Gasteiger partial charge is 0.261 e. The molecule has 0 aliphatic carbocycles. The largest absolute Gasteiger partial charge is 0.497 e. The third-order valence-electron chi connectivity index (χ3n) is 6.05. The standard InChI is InChI=1S/C28H22N2O6/c1-35-19-12-13-24-22(15-19)23(31)16-25(36-24)17-8-10-18(11-9-17)29-26(32)7-4-14-30-27(33)20-5-2-3-6-21(20)28(30)34/h2-3,5-6,8-13,15-16H,4,7,14H2,1H3,(H,29,32). The number of hydrogen-bond acceptors (Lipinski definition) is 6. The van der Waals surface area contributed by atoms with Crippen molar-refractivity contribution in [2.75, 3.05) is 19.0 Å². The quantitative estimate of drug-likeness (QED) is 0.389. The summed E-state index contributed by atoms with van der Waals surface area (Å²) >= 11 is 0. The number of fused-ring (bicyclic) bond motifs is 2. The molecule has 5 rings (SSSR count). The van der Waals surface area contributed by atoms with Crippen LogP contribution in [-0.4, -0.2) is 36.3 Å². The number of carbonyl (C=O) groups is 3. The first-order valence-electron chi connectivity index (χ1n) is 11.4. The molecule has 3 aromatic carbocycles. The molecule has 1 aromatic heterocycles. The molecule has 0 unspecified atom stereocenters. The van der Waals surface area contributed by atoms with Gasteiger partial charge in [0.05, 0.1) is 23.6 Å². The number of carbonyl (C=O) groups excluding carboxylic acids is 3. The highest BCUT2D eigenvalue weighted by Gasteiger charge is 2.34. The molecular weight excluding hydrogens is 460 g/mol. The molecule has 0 saturated carbocycles. The maximum absolute atomic E-state index is 12.5. The number of amides is 3. The third kappa shape index (κ3) is 4.36. The predicted octanol–water partition coefficient (Wildman–Crippen LogP) is 4.48. The number of ether oxygens (including phenoxy) is 1. The van der Waals surface area contributed by atoms with Crippen LogP contribution in [0.3, 0.4) is 0 Å². The van der Waals surface area contributed by atoms with Crippen LogP contribution < -0.4 is 15.5 Å². The van der Waals surface area contributed by atoms with Crippen molar-refractivity contribution in [3.05, 3.63) is 94.1 Å². The van der Waals surface area contributed by atoms with Gasteiger partial charge in [0.15, 0.2) is 5.43 Å². The summed E-state index contributed by atoms with van der Waals surface area (Å²) in [5, 5.41) is 3.24. The van der Waals surface area contributed by atoms with Crippen LogP contribution in [0.5, 0.6) is 5.75 Å². The lowest BCUT2D eigenvalue weighted by atomic mass is 10.1. The fourth-order valence-electron chi connectivity index (χ4n) is 4.19. The second-order valence-corrected chi connectivity index (χ2v) is 8.37. The average molecular weight is 482 g/mol. The van der Waals surface area contributed by atoms with Crippen LogP contribution in [0.1, 0.15) is 33.6 Å². The Morgan fingerprint density at radius 1 is 0.917 bits per heavy atom. The van der Waals surface area contributed by atoms with Crippen molar-refractivity contribution in [2.24, 2.45) is 0 Å². The molecule has 0 bridgehead atoms. The highest BCUT2D eigenvalue weighted by Crippen LogP contribution is 2.26. The van der Waals surface area contributed by atoms with E-state index >= 15 is 0 Å². The number of nitrogens with one attached hydrogen (secondary N) is 1. The van der Waals surface area contributed by atoms with E-state index in [1.165, 1.54) is 18.1 Å².